The third-order valence-electron chi connectivity index (χ3n) is 4.68. The van der Waals surface area contributed by atoms with Crippen molar-refractivity contribution in [2.24, 2.45) is 0 Å². The molecule has 2 fully saturated rings. The molecule has 8 heteroatoms. The molecule has 0 amide bonds. The molecule has 2 saturated heterocycles. The van der Waals surface area contributed by atoms with Crippen LogP contribution in [-0.4, -0.2) is 37.9 Å². The van der Waals surface area contributed by atoms with E-state index < -0.39 is 21.8 Å². The summed E-state index contributed by atoms with van der Waals surface area (Å²) in [4.78, 5) is -0.269. The zero-order valence-corrected chi connectivity index (χ0v) is 13.5. The Morgan fingerprint density at radius 1 is 1.17 bits per heavy atom. The predicted octanol–water partition coefficient (Wildman–Crippen LogP) is 2.53. The van der Waals surface area contributed by atoms with Gasteiger partial charge in [0.1, 0.15) is 0 Å². The number of benzene rings is 1. The molecule has 0 spiro atoms. The first kappa shape index (κ1) is 16.7. The molecule has 1 aromatic rings. The van der Waals surface area contributed by atoms with Crippen molar-refractivity contribution in [3.63, 3.8) is 0 Å². The van der Waals surface area contributed by atoms with E-state index in [1.807, 2.05) is 0 Å². The van der Waals surface area contributed by atoms with Crippen molar-refractivity contribution < 1.29 is 21.6 Å². The molecule has 128 valence electrons. The zero-order chi connectivity index (χ0) is 16.8. The molecule has 23 heavy (non-hydrogen) atoms. The summed E-state index contributed by atoms with van der Waals surface area (Å²) >= 11 is 0. The van der Waals surface area contributed by atoms with E-state index in [1.165, 1.54) is 23.4 Å². The highest BCUT2D eigenvalue weighted by molar-refractivity contribution is 7.89. The predicted molar refractivity (Wildman–Crippen MR) is 79.5 cm³/mol. The van der Waals surface area contributed by atoms with Gasteiger partial charge in [-0.3, -0.25) is 0 Å². The SMILES string of the molecule is Cc1ccc(S(=O)(=O)N2C3CCNCC2CC3)cc1C(F)(F)F. The normalized spacial score (nSPS) is 26.3. The summed E-state index contributed by atoms with van der Waals surface area (Å²) in [5, 5.41) is 3.19. The second-order valence-electron chi connectivity index (χ2n) is 6.19. The highest BCUT2D eigenvalue weighted by Gasteiger charge is 2.43. The summed E-state index contributed by atoms with van der Waals surface area (Å²) in [6, 6.07) is 2.96. The molecule has 0 saturated carbocycles. The van der Waals surface area contributed by atoms with Gasteiger partial charge >= 0.3 is 6.18 Å². The smallest absolute Gasteiger partial charge is 0.315 e. The van der Waals surface area contributed by atoms with Gasteiger partial charge in [0.15, 0.2) is 0 Å². The summed E-state index contributed by atoms with van der Waals surface area (Å²) in [5.74, 6) is 0. The van der Waals surface area contributed by atoms with Gasteiger partial charge < -0.3 is 5.32 Å². The zero-order valence-electron chi connectivity index (χ0n) is 12.7. The van der Waals surface area contributed by atoms with Crippen molar-refractivity contribution in [1.82, 2.24) is 9.62 Å². The third-order valence-corrected chi connectivity index (χ3v) is 6.68. The summed E-state index contributed by atoms with van der Waals surface area (Å²) in [5.41, 5.74) is -0.865. The molecular formula is C15H19F3N2O2S. The van der Waals surface area contributed by atoms with Gasteiger partial charge in [-0.2, -0.15) is 17.5 Å². The Kier molecular flexibility index (Phi) is 4.18. The van der Waals surface area contributed by atoms with Gasteiger partial charge in [-0.1, -0.05) is 6.07 Å². The van der Waals surface area contributed by atoms with Crippen molar-refractivity contribution in [3.8, 4) is 0 Å². The van der Waals surface area contributed by atoms with E-state index in [0.29, 0.717) is 13.0 Å². The molecule has 0 radical (unpaired) electrons. The Morgan fingerprint density at radius 3 is 2.57 bits per heavy atom. The van der Waals surface area contributed by atoms with E-state index in [4.69, 9.17) is 0 Å². The lowest BCUT2D eigenvalue weighted by Gasteiger charge is -2.27. The molecule has 2 unspecified atom stereocenters. The van der Waals surface area contributed by atoms with Gasteiger partial charge in [0, 0.05) is 18.6 Å². The van der Waals surface area contributed by atoms with Gasteiger partial charge in [-0.05, 0) is 50.4 Å². The van der Waals surface area contributed by atoms with E-state index >= 15 is 0 Å². The highest BCUT2D eigenvalue weighted by atomic mass is 32.2. The van der Waals surface area contributed by atoms with Crippen LogP contribution >= 0.6 is 0 Å². The van der Waals surface area contributed by atoms with Gasteiger partial charge in [-0.25, -0.2) is 8.42 Å². The van der Waals surface area contributed by atoms with Crippen LogP contribution < -0.4 is 5.32 Å². The molecule has 3 rings (SSSR count). The lowest BCUT2D eigenvalue weighted by atomic mass is 10.1. The second-order valence-corrected chi connectivity index (χ2v) is 8.03. The van der Waals surface area contributed by atoms with Gasteiger partial charge in [0.05, 0.1) is 10.5 Å². The lowest BCUT2D eigenvalue weighted by Crippen LogP contribution is -2.42. The van der Waals surface area contributed by atoms with E-state index in [-0.39, 0.29) is 22.5 Å². The highest BCUT2D eigenvalue weighted by Crippen LogP contribution is 2.37. The van der Waals surface area contributed by atoms with E-state index in [1.54, 1.807) is 0 Å². The van der Waals surface area contributed by atoms with Crippen LogP contribution in [0, 0.1) is 6.92 Å². The van der Waals surface area contributed by atoms with Crippen LogP contribution in [0.5, 0.6) is 0 Å². The van der Waals surface area contributed by atoms with Crippen LogP contribution in [0.3, 0.4) is 0 Å². The average Bonchev–Trinajstić information content (AvgIpc) is 2.71. The molecule has 2 heterocycles. The number of nitrogens with one attached hydrogen (secondary N) is 1. The largest absolute Gasteiger partial charge is 0.416 e. The second kappa shape index (κ2) is 5.75. The first-order valence-corrected chi connectivity index (χ1v) is 9.07. The number of nitrogens with zero attached hydrogens (tertiary/aromatic N) is 1. The first-order valence-electron chi connectivity index (χ1n) is 7.63. The fourth-order valence-electron chi connectivity index (χ4n) is 3.52. The molecule has 2 atom stereocenters. The standard InChI is InChI=1S/C15H19F3N2O2S/c1-10-2-5-13(8-14(10)15(16,17)18)23(21,22)20-11-3-4-12(20)9-19-7-6-11/h2,5,8,11-12,19H,3-4,6-7,9H2,1H3. The van der Waals surface area contributed by atoms with Crippen LogP contribution in [0.15, 0.2) is 23.1 Å². The van der Waals surface area contributed by atoms with Crippen LogP contribution in [0.1, 0.15) is 30.4 Å². The summed E-state index contributed by atoms with van der Waals surface area (Å²) < 4.78 is 66.5. The Balaban J connectivity index is 2.03. The number of halogens is 3. The van der Waals surface area contributed by atoms with Crippen molar-refractivity contribution >= 4 is 10.0 Å². The van der Waals surface area contributed by atoms with Crippen LogP contribution in [-0.2, 0) is 16.2 Å². The molecular weight excluding hydrogens is 329 g/mol. The third kappa shape index (κ3) is 2.99. The van der Waals surface area contributed by atoms with E-state index in [9.17, 15) is 21.6 Å². The number of sulfonamides is 1. The van der Waals surface area contributed by atoms with Gasteiger partial charge in [0.25, 0.3) is 0 Å². The monoisotopic (exact) mass is 348 g/mol. The number of hydrogen-bond donors (Lipinski definition) is 1. The molecule has 2 aliphatic rings. The minimum Gasteiger partial charge on any atom is -0.315 e. The maximum Gasteiger partial charge on any atom is 0.416 e. The van der Waals surface area contributed by atoms with Crippen LogP contribution in [0.4, 0.5) is 13.2 Å². The number of fused-ring (bicyclic) bond motifs is 2. The topological polar surface area (TPSA) is 49.4 Å². The van der Waals surface area contributed by atoms with E-state index in [2.05, 4.69) is 5.32 Å². The number of rotatable bonds is 2. The minimum atomic E-state index is -4.56. The van der Waals surface area contributed by atoms with Crippen molar-refractivity contribution in [3.05, 3.63) is 29.3 Å². The molecule has 1 aromatic carbocycles. The molecule has 0 aromatic heterocycles. The van der Waals surface area contributed by atoms with Crippen LogP contribution in [0.2, 0.25) is 0 Å². The molecule has 4 nitrogen and oxygen atoms in total. The lowest BCUT2D eigenvalue weighted by molar-refractivity contribution is -0.138. The van der Waals surface area contributed by atoms with Crippen LogP contribution in [0.25, 0.3) is 0 Å². The Hall–Kier alpha value is -1.12. The summed E-state index contributed by atoms with van der Waals surface area (Å²) in [6.45, 7) is 2.61. The maximum atomic E-state index is 13.1. The maximum absolute atomic E-state index is 13.1. The van der Waals surface area contributed by atoms with Gasteiger partial charge in [-0.15, -0.1) is 0 Å². The number of hydrogen-bond acceptors (Lipinski definition) is 3. The minimum absolute atomic E-state index is 0.0250. The van der Waals surface area contributed by atoms with Crippen molar-refractivity contribution in [2.75, 3.05) is 13.1 Å². The van der Waals surface area contributed by atoms with Gasteiger partial charge in [0.2, 0.25) is 10.0 Å². The average molecular weight is 348 g/mol. The Labute approximate surface area is 133 Å². The molecule has 1 N–H and O–H groups in total. The Bertz CT molecular complexity index is 689. The van der Waals surface area contributed by atoms with E-state index in [0.717, 1.165) is 25.5 Å². The number of aryl methyl sites for hydroxylation is 1. The molecule has 2 bridgehead atoms. The molecule has 0 aliphatic carbocycles. The number of alkyl halides is 3. The fraction of sp³-hybridized carbons (Fsp3) is 0.600. The van der Waals surface area contributed by atoms with Crippen molar-refractivity contribution in [2.45, 2.75) is 49.3 Å². The summed E-state index contributed by atoms with van der Waals surface area (Å²) in [7, 11) is -3.93. The molecule has 2 aliphatic heterocycles. The Morgan fingerprint density at radius 2 is 1.87 bits per heavy atom. The first-order chi connectivity index (χ1) is 10.7. The fourth-order valence-corrected chi connectivity index (χ4v) is 5.45. The quantitative estimate of drug-likeness (QED) is 0.894. The van der Waals surface area contributed by atoms with Crippen molar-refractivity contribution in [1.29, 1.82) is 0 Å². The summed E-state index contributed by atoms with van der Waals surface area (Å²) in [6.07, 6.45) is -2.36.